The molecule has 0 radical (unpaired) electrons. The number of rotatable bonds is 5. The monoisotopic (exact) mass is 330 g/mol. The fourth-order valence-corrected chi connectivity index (χ4v) is 2.15. The second-order valence-electron chi connectivity index (χ2n) is 5.50. The van der Waals surface area contributed by atoms with Gasteiger partial charge < -0.3 is 10.6 Å². The number of anilines is 1. The lowest BCUT2D eigenvalue weighted by atomic mass is 10.1. The summed E-state index contributed by atoms with van der Waals surface area (Å²) in [5.41, 5.74) is 1.94. The molecule has 0 saturated carbocycles. The van der Waals surface area contributed by atoms with E-state index in [1.807, 2.05) is 32.0 Å². The van der Waals surface area contributed by atoms with Gasteiger partial charge in [-0.05, 0) is 29.8 Å². The van der Waals surface area contributed by atoms with Crippen molar-refractivity contribution in [1.82, 2.24) is 5.32 Å². The Labute approximate surface area is 140 Å². The average Bonchev–Trinajstić information content (AvgIpc) is 2.54. The minimum atomic E-state index is -0.217. The number of hydrogen-bond acceptors (Lipinski definition) is 2. The van der Waals surface area contributed by atoms with E-state index in [0.717, 1.165) is 5.56 Å². The van der Waals surface area contributed by atoms with Gasteiger partial charge in [-0.1, -0.05) is 49.7 Å². The van der Waals surface area contributed by atoms with Gasteiger partial charge in [-0.15, -0.1) is 0 Å². The van der Waals surface area contributed by atoms with Crippen LogP contribution in [0, 0.1) is 5.92 Å². The maximum Gasteiger partial charge on any atom is 0.251 e. The molecule has 0 aromatic heterocycles. The smallest absolute Gasteiger partial charge is 0.251 e. The third-order valence-electron chi connectivity index (χ3n) is 3.31. The van der Waals surface area contributed by atoms with Crippen molar-refractivity contribution < 1.29 is 9.59 Å². The maximum absolute atomic E-state index is 12.2. The summed E-state index contributed by atoms with van der Waals surface area (Å²) < 4.78 is 0. The lowest BCUT2D eigenvalue weighted by Gasteiger charge is -2.10. The molecular formula is C18H19ClN2O2. The van der Waals surface area contributed by atoms with Gasteiger partial charge in [0.2, 0.25) is 5.91 Å². The Kier molecular flexibility index (Phi) is 5.77. The summed E-state index contributed by atoms with van der Waals surface area (Å²) in [6.45, 7) is 3.98. The van der Waals surface area contributed by atoms with Crippen LogP contribution >= 0.6 is 11.6 Å². The third-order valence-corrected chi connectivity index (χ3v) is 3.68. The molecule has 2 N–H and O–H groups in total. The molecule has 2 amide bonds. The van der Waals surface area contributed by atoms with Crippen molar-refractivity contribution in [3.63, 3.8) is 0 Å². The van der Waals surface area contributed by atoms with Gasteiger partial charge >= 0.3 is 0 Å². The lowest BCUT2D eigenvalue weighted by Crippen LogP contribution is -2.23. The first-order valence-corrected chi connectivity index (χ1v) is 7.77. The van der Waals surface area contributed by atoms with Gasteiger partial charge in [0.05, 0.1) is 0 Å². The van der Waals surface area contributed by atoms with E-state index in [1.165, 1.54) is 0 Å². The molecule has 0 saturated heterocycles. The maximum atomic E-state index is 12.2. The molecule has 2 rings (SSSR count). The first kappa shape index (κ1) is 17.0. The number of amides is 2. The molecule has 23 heavy (non-hydrogen) atoms. The molecule has 2 aromatic rings. The third kappa shape index (κ3) is 4.83. The highest BCUT2D eigenvalue weighted by Gasteiger charge is 2.10. The van der Waals surface area contributed by atoms with Gasteiger partial charge in [-0.2, -0.15) is 0 Å². The van der Waals surface area contributed by atoms with Crippen molar-refractivity contribution >= 4 is 29.1 Å². The molecule has 0 spiro atoms. The van der Waals surface area contributed by atoms with Crippen molar-refractivity contribution in [2.24, 2.45) is 5.92 Å². The van der Waals surface area contributed by atoms with Crippen molar-refractivity contribution in [1.29, 1.82) is 0 Å². The van der Waals surface area contributed by atoms with Crippen LogP contribution in [0.1, 0.15) is 29.8 Å². The van der Waals surface area contributed by atoms with Gasteiger partial charge in [-0.25, -0.2) is 0 Å². The van der Waals surface area contributed by atoms with Gasteiger partial charge in [0.25, 0.3) is 5.91 Å². The van der Waals surface area contributed by atoms with Crippen LogP contribution < -0.4 is 10.6 Å². The van der Waals surface area contributed by atoms with Gasteiger partial charge in [0.15, 0.2) is 0 Å². The number of carbonyl (C=O) groups is 2. The molecule has 0 unspecified atom stereocenters. The molecule has 0 atom stereocenters. The molecule has 0 heterocycles. The minimum Gasteiger partial charge on any atom is -0.348 e. The summed E-state index contributed by atoms with van der Waals surface area (Å²) in [6.07, 6.45) is 0. The topological polar surface area (TPSA) is 58.2 Å². The normalized spacial score (nSPS) is 10.4. The Hall–Kier alpha value is -2.33. The number of carbonyl (C=O) groups excluding carboxylic acids is 2. The molecule has 120 valence electrons. The molecule has 0 fully saturated rings. The molecule has 0 aliphatic heterocycles. The Balaban J connectivity index is 2.02. The Morgan fingerprint density at radius 1 is 1.09 bits per heavy atom. The van der Waals surface area contributed by atoms with E-state index in [2.05, 4.69) is 10.6 Å². The van der Waals surface area contributed by atoms with Crippen molar-refractivity contribution in [3.05, 3.63) is 64.7 Å². The predicted molar refractivity (Wildman–Crippen MR) is 92.5 cm³/mol. The number of hydrogen-bond donors (Lipinski definition) is 2. The molecule has 0 bridgehead atoms. The van der Waals surface area contributed by atoms with Gasteiger partial charge in [-0.3, -0.25) is 9.59 Å². The summed E-state index contributed by atoms with van der Waals surface area (Å²) in [7, 11) is 0. The van der Waals surface area contributed by atoms with Crippen LogP contribution in [-0.2, 0) is 11.3 Å². The van der Waals surface area contributed by atoms with Crippen LogP contribution in [0.2, 0.25) is 5.02 Å². The zero-order valence-electron chi connectivity index (χ0n) is 13.1. The van der Waals surface area contributed by atoms with E-state index in [1.54, 1.807) is 30.3 Å². The highest BCUT2D eigenvalue weighted by molar-refractivity contribution is 6.31. The predicted octanol–water partition coefficient (Wildman–Crippen LogP) is 3.86. The molecule has 4 nitrogen and oxygen atoms in total. The van der Waals surface area contributed by atoms with E-state index in [-0.39, 0.29) is 17.7 Å². The lowest BCUT2D eigenvalue weighted by molar-refractivity contribution is -0.118. The van der Waals surface area contributed by atoms with Crippen LogP contribution in [-0.4, -0.2) is 11.8 Å². The van der Waals surface area contributed by atoms with Crippen LogP contribution in [0.4, 0.5) is 5.69 Å². The first-order chi connectivity index (χ1) is 11.0. The molecule has 0 aliphatic rings. The summed E-state index contributed by atoms with van der Waals surface area (Å²) >= 11 is 6.07. The number of benzene rings is 2. The highest BCUT2D eigenvalue weighted by Crippen LogP contribution is 2.15. The standard InChI is InChI=1S/C18H19ClN2O2/c1-12(2)17(22)21-15-8-5-7-13(10-15)18(23)20-11-14-6-3-4-9-16(14)19/h3-10,12H,11H2,1-2H3,(H,20,23)(H,21,22). The molecule has 5 heteroatoms. The highest BCUT2D eigenvalue weighted by atomic mass is 35.5. The Bertz CT molecular complexity index is 714. The van der Waals surface area contributed by atoms with E-state index in [4.69, 9.17) is 11.6 Å². The summed E-state index contributed by atoms with van der Waals surface area (Å²) in [5, 5.41) is 6.22. The fourth-order valence-electron chi connectivity index (χ4n) is 1.94. The SMILES string of the molecule is CC(C)C(=O)Nc1cccc(C(=O)NCc2ccccc2Cl)c1. The molecule has 0 aliphatic carbocycles. The van der Waals surface area contributed by atoms with Crippen LogP contribution in [0.25, 0.3) is 0 Å². The summed E-state index contributed by atoms with van der Waals surface area (Å²) in [6, 6.07) is 14.2. The Morgan fingerprint density at radius 3 is 2.52 bits per heavy atom. The average molecular weight is 331 g/mol. The van der Waals surface area contributed by atoms with Crippen LogP contribution in [0.5, 0.6) is 0 Å². The van der Waals surface area contributed by atoms with E-state index >= 15 is 0 Å². The second-order valence-corrected chi connectivity index (χ2v) is 5.91. The summed E-state index contributed by atoms with van der Waals surface area (Å²) in [5.74, 6) is -0.420. The largest absolute Gasteiger partial charge is 0.348 e. The fraction of sp³-hybridized carbons (Fsp3) is 0.222. The molecule has 2 aromatic carbocycles. The number of halogens is 1. The van der Waals surface area contributed by atoms with E-state index in [0.29, 0.717) is 22.8 Å². The van der Waals surface area contributed by atoms with Crippen LogP contribution in [0.3, 0.4) is 0 Å². The molecular weight excluding hydrogens is 312 g/mol. The van der Waals surface area contributed by atoms with Crippen molar-refractivity contribution in [2.75, 3.05) is 5.32 Å². The first-order valence-electron chi connectivity index (χ1n) is 7.40. The van der Waals surface area contributed by atoms with Crippen molar-refractivity contribution in [3.8, 4) is 0 Å². The minimum absolute atomic E-state index is 0.0846. The second kappa shape index (κ2) is 7.79. The zero-order chi connectivity index (χ0) is 16.8. The summed E-state index contributed by atoms with van der Waals surface area (Å²) in [4.78, 5) is 23.9. The van der Waals surface area contributed by atoms with Gasteiger partial charge in [0.1, 0.15) is 0 Å². The van der Waals surface area contributed by atoms with E-state index in [9.17, 15) is 9.59 Å². The van der Waals surface area contributed by atoms with Crippen LogP contribution in [0.15, 0.2) is 48.5 Å². The van der Waals surface area contributed by atoms with Gasteiger partial charge in [0, 0.05) is 28.7 Å². The Morgan fingerprint density at radius 2 is 1.83 bits per heavy atom. The van der Waals surface area contributed by atoms with E-state index < -0.39 is 0 Å². The van der Waals surface area contributed by atoms with Crippen molar-refractivity contribution in [2.45, 2.75) is 20.4 Å². The quantitative estimate of drug-likeness (QED) is 0.874. The zero-order valence-corrected chi connectivity index (χ0v) is 13.9. The number of nitrogens with one attached hydrogen (secondary N) is 2.